The summed E-state index contributed by atoms with van der Waals surface area (Å²) in [6, 6.07) is 11.8. The fourth-order valence-electron chi connectivity index (χ4n) is 5.78. The molecule has 3 aromatic rings. The van der Waals surface area contributed by atoms with E-state index in [0.717, 1.165) is 42.6 Å². The molecule has 0 radical (unpaired) electrons. The van der Waals surface area contributed by atoms with Crippen molar-refractivity contribution in [1.29, 1.82) is 0 Å². The number of aromatic nitrogens is 2. The number of nitrogens with one attached hydrogen (secondary N) is 5. The maximum absolute atomic E-state index is 13.8. The topological polar surface area (TPSA) is 167 Å². The Labute approximate surface area is 300 Å². The molecule has 2 aliphatic heterocycles. The monoisotopic (exact) mass is 700 g/mol. The fraction of sp³-hybridized carbons (Fsp3) is 0.474. The molecule has 1 unspecified atom stereocenters. The number of fused-ring (bicyclic) bond motifs is 18. The van der Waals surface area contributed by atoms with Crippen molar-refractivity contribution in [1.82, 2.24) is 36.1 Å². The number of carbonyl (C=O) groups is 4. The number of hydrogen-bond donors (Lipinski definition) is 5. The number of methoxy groups -OCH3 is 1. The van der Waals surface area contributed by atoms with Crippen molar-refractivity contribution in [3.8, 4) is 5.75 Å². The summed E-state index contributed by atoms with van der Waals surface area (Å²) in [7, 11) is 1.57. The molecule has 3 heterocycles. The maximum atomic E-state index is 13.8. The third-order valence-corrected chi connectivity index (χ3v) is 9.04. The zero-order valence-corrected chi connectivity index (χ0v) is 30.3. The van der Waals surface area contributed by atoms with Gasteiger partial charge in [0.15, 0.2) is 0 Å². The minimum absolute atomic E-state index is 0.168. The smallest absolute Gasteiger partial charge is 0.251 e. The Hall–Kier alpha value is -5.04. The van der Waals surface area contributed by atoms with E-state index < -0.39 is 29.9 Å². The highest BCUT2D eigenvalue weighted by atomic mass is 16.5. The summed E-state index contributed by atoms with van der Waals surface area (Å²) in [5.41, 5.74) is 3.20. The second-order valence-corrected chi connectivity index (χ2v) is 13.0. The van der Waals surface area contributed by atoms with E-state index in [0.29, 0.717) is 43.3 Å². The van der Waals surface area contributed by atoms with Gasteiger partial charge in [0.05, 0.1) is 7.11 Å². The van der Waals surface area contributed by atoms with Gasteiger partial charge in [-0.15, -0.1) is 0 Å². The van der Waals surface area contributed by atoms with E-state index in [1.807, 2.05) is 57.4 Å². The summed E-state index contributed by atoms with van der Waals surface area (Å²) >= 11 is 0. The predicted molar refractivity (Wildman–Crippen MR) is 196 cm³/mol. The van der Waals surface area contributed by atoms with Crippen LogP contribution in [0.3, 0.4) is 0 Å². The van der Waals surface area contributed by atoms with Crippen molar-refractivity contribution in [3.05, 3.63) is 83.2 Å². The number of rotatable bonds is 9. The van der Waals surface area contributed by atoms with Crippen LogP contribution < -0.4 is 31.3 Å². The zero-order valence-electron chi connectivity index (χ0n) is 30.3. The second-order valence-electron chi connectivity index (χ2n) is 13.0. The van der Waals surface area contributed by atoms with Crippen molar-refractivity contribution in [3.63, 3.8) is 0 Å². The molecule has 4 amide bonds. The fourth-order valence-corrected chi connectivity index (χ4v) is 5.78. The number of benzene rings is 2. The molecule has 5 rings (SSSR count). The summed E-state index contributed by atoms with van der Waals surface area (Å²) < 4.78 is 5.26. The van der Waals surface area contributed by atoms with E-state index >= 15 is 0 Å². The van der Waals surface area contributed by atoms with Crippen LogP contribution in [0.15, 0.2) is 60.9 Å². The zero-order chi connectivity index (χ0) is 36.8. The van der Waals surface area contributed by atoms with Crippen LogP contribution in [0.2, 0.25) is 0 Å². The largest absolute Gasteiger partial charge is 0.497 e. The Bertz CT molecular complexity index is 1580. The molecule has 0 fully saturated rings. The molecular weight excluding hydrogens is 648 g/mol. The summed E-state index contributed by atoms with van der Waals surface area (Å²) in [4.78, 5) is 65.1. The Morgan fingerprint density at radius 3 is 2.24 bits per heavy atom. The van der Waals surface area contributed by atoms with Crippen LogP contribution in [0.1, 0.15) is 74.0 Å². The molecule has 1 aromatic heterocycles. The van der Waals surface area contributed by atoms with Crippen LogP contribution >= 0.6 is 0 Å². The molecule has 4 atom stereocenters. The Morgan fingerprint density at radius 1 is 0.882 bits per heavy atom. The van der Waals surface area contributed by atoms with Gasteiger partial charge in [0, 0.05) is 56.1 Å². The number of nitrogens with zero attached hydrogens (tertiary/aromatic N) is 3. The van der Waals surface area contributed by atoms with Crippen molar-refractivity contribution in [2.45, 2.75) is 84.6 Å². The van der Waals surface area contributed by atoms with Crippen LogP contribution in [-0.2, 0) is 33.9 Å². The predicted octanol–water partition coefficient (Wildman–Crippen LogP) is 3.21. The first-order valence-corrected chi connectivity index (χ1v) is 17.8. The van der Waals surface area contributed by atoms with Gasteiger partial charge in [-0.2, -0.15) is 0 Å². The van der Waals surface area contributed by atoms with Crippen LogP contribution in [0.4, 0.5) is 5.95 Å². The molecule has 0 saturated carbocycles. The first kappa shape index (κ1) is 38.8. The van der Waals surface area contributed by atoms with E-state index in [4.69, 9.17) is 4.74 Å². The first-order valence-electron chi connectivity index (χ1n) is 17.8. The SMILES string of the molecule is CCNc1ncc(CN2CCCCNC(=O)[C@@H](C)NC(=O)[C@H](Cc3ccc(OC)cc3)NC(=O)C([C@@H](C)CC)NC(=O)c3ccc(cc3)C2)cn1. The number of ether oxygens (including phenoxy) is 1. The summed E-state index contributed by atoms with van der Waals surface area (Å²) in [6.45, 7) is 10.6. The number of amides is 4. The minimum Gasteiger partial charge on any atom is -0.497 e. The lowest BCUT2D eigenvalue weighted by Crippen LogP contribution is -2.58. The van der Waals surface area contributed by atoms with E-state index in [1.54, 1.807) is 38.3 Å². The summed E-state index contributed by atoms with van der Waals surface area (Å²) in [5.74, 6) is -0.672. The number of hydrogen-bond acceptors (Lipinski definition) is 9. The van der Waals surface area contributed by atoms with Crippen LogP contribution in [0, 0.1) is 5.92 Å². The molecule has 0 saturated heterocycles. The normalized spacial score (nSPS) is 20.6. The van der Waals surface area contributed by atoms with Gasteiger partial charge < -0.3 is 31.3 Å². The van der Waals surface area contributed by atoms with Gasteiger partial charge in [0.25, 0.3) is 5.91 Å². The van der Waals surface area contributed by atoms with Gasteiger partial charge >= 0.3 is 0 Å². The molecule has 13 nitrogen and oxygen atoms in total. The maximum Gasteiger partial charge on any atom is 0.251 e. The summed E-state index contributed by atoms with van der Waals surface area (Å²) in [5, 5.41) is 14.6. The van der Waals surface area contributed by atoms with Crippen LogP contribution in [0.25, 0.3) is 0 Å². The number of anilines is 1. The minimum atomic E-state index is -1.01. The lowest BCUT2D eigenvalue weighted by Gasteiger charge is -2.27. The Kier molecular flexibility index (Phi) is 14.7. The second kappa shape index (κ2) is 19.4. The highest BCUT2D eigenvalue weighted by Crippen LogP contribution is 2.16. The first-order chi connectivity index (χ1) is 24.6. The molecule has 13 heteroatoms. The lowest BCUT2D eigenvalue weighted by molar-refractivity contribution is -0.132. The number of carbonyl (C=O) groups excluding carboxylic acids is 4. The third kappa shape index (κ3) is 11.8. The molecule has 0 spiro atoms. The Balaban J connectivity index is 1.57. The van der Waals surface area contributed by atoms with Crippen molar-refractivity contribution >= 4 is 29.6 Å². The molecule has 2 aromatic carbocycles. The highest BCUT2D eigenvalue weighted by molar-refractivity contribution is 5.99. The highest BCUT2D eigenvalue weighted by Gasteiger charge is 2.31. The third-order valence-electron chi connectivity index (χ3n) is 9.04. The average molecular weight is 701 g/mol. The van der Waals surface area contributed by atoms with E-state index in [1.165, 1.54) is 0 Å². The molecule has 2 bridgehead atoms. The Morgan fingerprint density at radius 2 is 1.59 bits per heavy atom. The molecule has 2 aliphatic rings. The van der Waals surface area contributed by atoms with Crippen LogP contribution in [0.5, 0.6) is 5.75 Å². The van der Waals surface area contributed by atoms with Gasteiger partial charge in [-0.25, -0.2) is 9.97 Å². The van der Waals surface area contributed by atoms with Gasteiger partial charge in [-0.1, -0.05) is 44.5 Å². The molecule has 0 aliphatic carbocycles. The van der Waals surface area contributed by atoms with E-state index in [-0.39, 0.29) is 24.2 Å². The lowest BCUT2D eigenvalue weighted by atomic mass is 9.96. The van der Waals surface area contributed by atoms with Crippen molar-refractivity contribution in [2.75, 3.05) is 32.1 Å². The van der Waals surface area contributed by atoms with Gasteiger partial charge in [-0.05, 0) is 74.5 Å². The summed E-state index contributed by atoms with van der Waals surface area (Å²) in [6.07, 6.45) is 5.96. The van der Waals surface area contributed by atoms with E-state index in [9.17, 15) is 19.2 Å². The molecule has 51 heavy (non-hydrogen) atoms. The van der Waals surface area contributed by atoms with Crippen LogP contribution in [-0.4, -0.2) is 83.4 Å². The molecule has 5 N–H and O–H groups in total. The van der Waals surface area contributed by atoms with E-state index in [2.05, 4.69) is 41.5 Å². The van der Waals surface area contributed by atoms with Crippen molar-refractivity contribution in [2.24, 2.45) is 5.92 Å². The quantitative estimate of drug-likeness (QED) is 0.211. The van der Waals surface area contributed by atoms with Gasteiger partial charge in [0.2, 0.25) is 23.7 Å². The average Bonchev–Trinajstić information content (AvgIpc) is 3.13. The standard InChI is InChI=1S/C38H52N8O5/c1-6-25(3)33-37(50)44-32(20-27-12-16-31(51-5)17-13-27)36(49)43-26(4)34(47)40-18-8-9-19-46(24-29-21-41-38(39-7-2)42-22-29)23-28-10-14-30(15-11-28)35(48)45-33/h10-17,21-22,25-26,32-33H,6-9,18-20,23-24H2,1-5H3,(H,40,47)(H,43,49)(H,44,50)(H,45,48)(H,39,41,42)/t25-,26+,32-,33?/m0/s1. The molecule has 274 valence electrons. The van der Waals surface area contributed by atoms with Gasteiger partial charge in [0.1, 0.15) is 23.9 Å². The van der Waals surface area contributed by atoms with Crippen molar-refractivity contribution < 1.29 is 23.9 Å². The van der Waals surface area contributed by atoms with Gasteiger partial charge in [-0.3, -0.25) is 24.1 Å². The molecular formula is C38H52N8O5.